The number of hydrogen-bond acceptors (Lipinski definition) is 5. The molecule has 5 heteroatoms. The standard InChI is InChI=1S/C11H15N3O2/c12-10-6-9(13-14-10)11(15)16-7-8-4-2-1-3-5-8/h1-5,9-10,13-14H,6-7,12H2. The molecule has 0 spiro atoms. The number of carbonyl (C=O) groups is 1. The molecule has 1 saturated heterocycles. The average molecular weight is 221 g/mol. The molecule has 16 heavy (non-hydrogen) atoms. The van der Waals surface area contributed by atoms with E-state index in [4.69, 9.17) is 10.5 Å². The molecule has 1 aliphatic heterocycles. The van der Waals surface area contributed by atoms with E-state index in [1.165, 1.54) is 0 Å². The average Bonchev–Trinajstić information content (AvgIpc) is 2.74. The molecule has 0 radical (unpaired) electrons. The minimum Gasteiger partial charge on any atom is -0.460 e. The molecular formula is C11H15N3O2. The fraction of sp³-hybridized carbons (Fsp3) is 0.364. The second-order valence-corrected chi connectivity index (χ2v) is 3.78. The molecule has 5 nitrogen and oxygen atoms in total. The van der Waals surface area contributed by atoms with Gasteiger partial charge >= 0.3 is 5.97 Å². The number of esters is 1. The highest BCUT2D eigenvalue weighted by Crippen LogP contribution is 2.06. The van der Waals surface area contributed by atoms with Gasteiger partial charge in [0, 0.05) is 6.42 Å². The van der Waals surface area contributed by atoms with Crippen LogP contribution in [-0.2, 0) is 16.1 Å². The van der Waals surface area contributed by atoms with Crippen molar-refractivity contribution in [1.29, 1.82) is 0 Å². The van der Waals surface area contributed by atoms with E-state index in [0.717, 1.165) is 5.56 Å². The van der Waals surface area contributed by atoms with Gasteiger partial charge in [-0.25, -0.2) is 10.9 Å². The maximum Gasteiger partial charge on any atom is 0.324 e. The summed E-state index contributed by atoms with van der Waals surface area (Å²) in [4.78, 5) is 11.6. The van der Waals surface area contributed by atoms with E-state index in [1.807, 2.05) is 30.3 Å². The van der Waals surface area contributed by atoms with Gasteiger partial charge in [-0.15, -0.1) is 0 Å². The van der Waals surface area contributed by atoms with Crippen LogP contribution in [0.2, 0.25) is 0 Å². The van der Waals surface area contributed by atoms with E-state index in [1.54, 1.807) is 0 Å². The first-order valence-electron chi connectivity index (χ1n) is 5.23. The predicted octanol–water partition coefficient (Wildman–Crippen LogP) is -0.119. The van der Waals surface area contributed by atoms with Gasteiger partial charge in [-0.05, 0) is 5.56 Å². The van der Waals surface area contributed by atoms with Gasteiger partial charge in [0.2, 0.25) is 0 Å². The molecule has 0 amide bonds. The minimum absolute atomic E-state index is 0.186. The maximum absolute atomic E-state index is 11.6. The van der Waals surface area contributed by atoms with Crippen molar-refractivity contribution in [2.75, 3.05) is 0 Å². The zero-order chi connectivity index (χ0) is 11.4. The summed E-state index contributed by atoms with van der Waals surface area (Å²) in [5.41, 5.74) is 12.1. The van der Waals surface area contributed by atoms with Crippen molar-refractivity contribution in [3.05, 3.63) is 35.9 Å². The Labute approximate surface area is 93.9 Å². The Morgan fingerprint density at radius 2 is 2.12 bits per heavy atom. The molecule has 1 aromatic carbocycles. The number of benzene rings is 1. The molecule has 2 unspecified atom stereocenters. The van der Waals surface area contributed by atoms with E-state index in [9.17, 15) is 4.79 Å². The van der Waals surface area contributed by atoms with Crippen LogP contribution in [0.15, 0.2) is 30.3 Å². The lowest BCUT2D eigenvalue weighted by molar-refractivity contribution is -0.147. The topological polar surface area (TPSA) is 76.4 Å². The fourth-order valence-electron chi connectivity index (χ4n) is 1.56. The van der Waals surface area contributed by atoms with Crippen LogP contribution in [0, 0.1) is 0 Å². The third-order valence-corrected chi connectivity index (χ3v) is 2.44. The van der Waals surface area contributed by atoms with E-state index < -0.39 is 0 Å². The third-order valence-electron chi connectivity index (χ3n) is 2.44. The zero-order valence-electron chi connectivity index (χ0n) is 8.85. The van der Waals surface area contributed by atoms with Crippen molar-refractivity contribution in [2.45, 2.75) is 25.2 Å². The fourth-order valence-corrected chi connectivity index (χ4v) is 1.56. The summed E-state index contributed by atoms with van der Waals surface area (Å²) in [7, 11) is 0. The number of hydrazine groups is 1. The van der Waals surface area contributed by atoms with Crippen LogP contribution in [-0.4, -0.2) is 18.2 Å². The van der Waals surface area contributed by atoms with Crippen LogP contribution >= 0.6 is 0 Å². The largest absolute Gasteiger partial charge is 0.460 e. The van der Waals surface area contributed by atoms with Crippen LogP contribution < -0.4 is 16.6 Å². The molecule has 1 heterocycles. The Kier molecular flexibility index (Phi) is 3.51. The molecule has 86 valence electrons. The molecule has 1 aromatic rings. The van der Waals surface area contributed by atoms with Crippen LogP contribution in [0.3, 0.4) is 0 Å². The number of rotatable bonds is 3. The van der Waals surface area contributed by atoms with Gasteiger partial charge in [-0.2, -0.15) is 0 Å². The van der Waals surface area contributed by atoms with Crippen molar-refractivity contribution in [3.8, 4) is 0 Å². The second kappa shape index (κ2) is 5.07. The maximum atomic E-state index is 11.6. The summed E-state index contributed by atoms with van der Waals surface area (Å²) in [6, 6.07) is 9.23. The summed E-state index contributed by atoms with van der Waals surface area (Å²) in [6.07, 6.45) is 0.363. The molecule has 0 aliphatic carbocycles. The molecular weight excluding hydrogens is 206 g/mol. The first-order valence-corrected chi connectivity index (χ1v) is 5.23. The quantitative estimate of drug-likeness (QED) is 0.620. The third kappa shape index (κ3) is 2.79. The molecule has 0 bridgehead atoms. The highest BCUT2D eigenvalue weighted by atomic mass is 16.5. The van der Waals surface area contributed by atoms with Crippen molar-refractivity contribution < 1.29 is 9.53 Å². The van der Waals surface area contributed by atoms with Gasteiger partial charge in [-0.1, -0.05) is 30.3 Å². The molecule has 2 atom stereocenters. The normalized spacial score (nSPS) is 24.3. The number of ether oxygens (including phenoxy) is 1. The lowest BCUT2D eigenvalue weighted by atomic mass is 10.2. The summed E-state index contributed by atoms with van der Waals surface area (Å²) in [6.45, 7) is 0.299. The highest BCUT2D eigenvalue weighted by molar-refractivity contribution is 5.76. The van der Waals surface area contributed by atoms with Crippen molar-refractivity contribution in [1.82, 2.24) is 10.9 Å². The predicted molar refractivity (Wildman–Crippen MR) is 58.9 cm³/mol. The van der Waals surface area contributed by atoms with Gasteiger partial charge in [0.25, 0.3) is 0 Å². The molecule has 0 saturated carbocycles. The van der Waals surface area contributed by atoms with Crippen molar-refractivity contribution >= 4 is 5.97 Å². The van der Waals surface area contributed by atoms with E-state index in [-0.39, 0.29) is 18.2 Å². The number of nitrogens with one attached hydrogen (secondary N) is 2. The smallest absolute Gasteiger partial charge is 0.324 e. The van der Waals surface area contributed by atoms with Gasteiger partial charge in [0.05, 0.1) is 6.17 Å². The zero-order valence-corrected chi connectivity index (χ0v) is 8.85. The lowest BCUT2D eigenvalue weighted by Crippen LogP contribution is -2.40. The first kappa shape index (κ1) is 11.1. The van der Waals surface area contributed by atoms with Crippen LogP contribution in [0.25, 0.3) is 0 Å². The molecule has 1 fully saturated rings. The Morgan fingerprint density at radius 3 is 2.75 bits per heavy atom. The molecule has 2 rings (SSSR count). The van der Waals surface area contributed by atoms with Crippen molar-refractivity contribution in [3.63, 3.8) is 0 Å². The van der Waals surface area contributed by atoms with Crippen molar-refractivity contribution in [2.24, 2.45) is 5.73 Å². The Hall–Kier alpha value is -1.43. The second-order valence-electron chi connectivity index (χ2n) is 3.78. The summed E-state index contributed by atoms with van der Waals surface area (Å²) in [5.74, 6) is -0.274. The monoisotopic (exact) mass is 221 g/mol. The molecule has 1 aliphatic rings. The summed E-state index contributed by atoms with van der Waals surface area (Å²) in [5, 5.41) is 0. The van der Waals surface area contributed by atoms with E-state index in [0.29, 0.717) is 13.0 Å². The van der Waals surface area contributed by atoms with Gasteiger partial charge < -0.3 is 10.5 Å². The van der Waals surface area contributed by atoms with Gasteiger partial charge in [-0.3, -0.25) is 4.79 Å². The summed E-state index contributed by atoms with van der Waals surface area (Å²) < 4.78 is 5.16. The highest BCUT2D eigenvalue weighted by Gasteiger charge is 2.28. The number of carbonyl (C=O) groups excluding carboxylic acids is 1. The van der Waals surface area contributed by atoms with Crippen LogP contribution in [0.1, 0.15) is 12.0 Å². The molecule has 4 N–H and O–H groups in total. The van der Waals surface area contributed by atoms with Crippen LogP contribution in [0.5, 0.6) is 0 Å². The Morgan fingerprint density at radius 1 is 1.38 bits per heavy atom. The number of hydrogen-bond donors (Lipinski definition) is 3. The van der Waals surface area contributed by atoms with E-state index in [2.05, 4.69) is 10.9 Å². The SMILES string of the molecule is NC1CC(C(=O)OCc2ccccc2)NN1. The number of nitrogens with two attached hydrogens (primary N) is 1. The molecule has 0 aromatic heterocycles. The van der Waals surface area contributed by atoms with E-state index >= 15 is 0 Å². The minimum atomic E-state index is -0.348. The Bertz CT molecular complexity index is 356. The Balaban J connectivity index is 1.80. The van der Waals surface area contributed by atoms with Crippen LogP contribution in [0.4, 0.5) is 0 Å². The lowest BCUT2D eigenvalue weighted by Gasteiger charge is -2.09. The first-order chi connectivity index (χ1) is 7.75. The summed E-state index contributed by atoms with van der Waals surface area (Å²) >= 11 is 0. The van der Waals surface area contributed by atoms with Gasteiger partial charge in [0.1, 0.15) is 12.6 Å². The van der Waals surface area contributed by atoms with Gasteiger partial charge in [0.15, 0.2) is 0 Å².